The third kappa shape index (κ3) is 16.8. The number of aryl methyl sites for hydroxylation is 1. The zero-order chi connectivity index (χ0) is 31.9. The fraction of sp³-hybridized carbons (Fsp3) is 0.583. The van der Waals surface area contributed by atoms with E-state index in [-0.39, 0.29) is 24.2 Å². The first-order valence-electron chi connectivity index (χ1n) is 16.2. The maximum atomic E-state index is 11.8. The van der Waals surface area contributed by atoms with Crippen molar-refractivity contribution < 1.29 is 23.8 Å². The smallest absolute Gasteiger partial charge is 0.341 e. The average Bonchev–Trinajstić information content (AvgIpc) is 2.98. The number of phenols is 1. The van der Waals surface area contributed by atoms with Crippen LogP contribution in [0.4, 0.5) is 0 Å². The molecule has 2 N–H and O–H groups in total. The number of fused-ring (bicyclic) bond motifs is 1. The number of ether oxygens (including phenoxy) is 1. The van der Waals surface area contributed by atoms with Gasteiger partial charge in [-0.05, 0) is 44.0 Å². The summed E-state index contributed by atoms with van der Waals surface area (Å²) < 4.78 is 10.2. The Morgan fingerprint density at radius 3 is 1.91 bits per heavy atom. The van der Waals surface area contributed by atoms with Gasteiger partial charge in [-0.3, -0.25) is 4.79 Å². The van der Waals surface area contributed by atoms with Gasteiger partial charge in [0.15, 0.2) is 0 Å². The number of hydrogen-bond acceptors (Lipinski definition) is 6. The third-order valence-corrected chi connectivity index (χ3v) is 7.48. The van der Waals surface area contributed by atoms with Crippen LogP contribution in [0.3, 0.4) is 0 Å². The van der Waals surface area contributed by atoms with E-state index >= 15 is 0 Å². The number of aromatic hydroxyl groups is 1. The molecule has 0 aliphatic rings. The van der Waals surface area contributed by atoms with Crippen LogP contribution in [0.25, 0.3) is 11.0 Å². The number of benzene rings is 1. The summed E-state index contributed by atoms with van der Waals surface area (Å²) in [4.78, 5) is 34.1. The Kier molecular flexibility index (Phi) is 20.3. The molecule has 0 aliphatic carbocycles. The molecule has 0 unspecified atom stereocenters. The average molecular weight is 598 g/mol. The van der Waals surface area contributed by atoms with Gasteiger partial charge in [-0.15, -0.1) is 0 Å². The highest BCUT2D eigenvalue weighted by Gasteiger charge is 2.12. The number of hydrogen-bond donors (Lipinski definition) is 2. The van der Waals surface area contributed by atoms with E-state index in [4.69, 9.17) is 9.15 Å². The maximum Gasteiger partial charge on any atom is 0.341 e. The van der Waals surface area contributed by atoms with E-state index in [2.05, 4.69) is 25.4 Å². The van der Waals surface area contributed by atoms with Gasteiger partial charge in [-0.25, -0.2) is 9.59 Å². The van der Waals surface area contributed by atoms with Gasteiger partial charge in [0.05, 0.1) is 18.7 Å². The van der Waals surface area contributed by atoms with Gasteiger partial charge in [0.2, 0.25) is 5.91 Å². The highest BCUT2D eigenvalue weighted by molar-refractivity contribution is 5.87. The molecule has 0 saturated heterocycles. The third-order valence-electron chi connectivity index (χ3n) is 7.48. The normalized spacial score (nSPS) is 10.6. The molecule has 0 bridgehead atoms. The van der Waals surface area contributed by atoms with Crippen LogP contribution < -0.4 is 10.9 Å². The molecule has 0 aliphatic heterocycles. The topological polar surface area (TPSA) is 106 Å². The zero-order valence-electron chi connectivity index (χ0n) is 26.9. The van der Waals surface area contributed by atoms with Crippen molar-refractivity contribution in [1.82, 2.24) is 5.32 Å². The summed E-state index contributed by atoms with van der Waals surface area (Å²) >= 11 is 0. The summed E-state index contributed by atoms with van der Waals surface area (Å²) in [5.41, 5.74) is 1.39. The highest BCUT2D eigenvalue weighted by Crippen LogP contribution is 2.23. The number of phenolic OH excluding ortho intramolecular Hbond substituents is 1. The molecule has 2 rings (SSSR count). The van der Waals surface area contributed by atoms with Crippen molar-refractivity contribution in [3.05, 3.63) is 64.6 Å². The molecule has 2 aromatic rings. The molecular weight excluding hydrogens is 542 g/mol. The minimum Gasteiger partial charge on any atom is -0.508 e. The van der Waals surface area contributed by atoms with Gasteiger partial charge >= 0.3 is 11.6 Å². The Balaban J connectivity index is 0.000000439. The van der Waals surface area contributed by atoms with E-state index in [9.17, 15) is 19.5 Å². The van der Waals surface area contributed by atoms with Crippen molar-refractivity contribution in [2.45, 2.75) is 130 Å². The first-order chi connectivity index (χ1) is 20.7. The second-order valence-corrected chi connectivity index (χ2v) is 11.3. The Bertz CT molecular complexity index is 1180. The lowest BCUT2D eigenvalue weighted by atomic mass is 10.0. The first kappa shape index (κ1) is 37.7. The summed E-state index contributed by atoms with van der Waals surface area (Å²) in [7, 11) is 0. The molecule has 7 heteroatoms. The molecule has 1 heterocycles. The SMILES string of the molecule is C=C(C)C(=O)OCCCCCCCCCCCCCCCCCC.C=CC(=O)NCc1c(C)c2ccc(O)cc2oc1=O. The molecule has 43 heavy (non-hydrogen) atoms. The van der Waals surface area contributed by atoms with Gasteiger partial charge < -0.3 is 19.6 Å². The van der Waals surface area contributed by atoms with Crippen molar-refractivity contribution in [3.8, 4) is 5.75 Å². The molecule has 1 aromatic heterocycles. The second-order valence-electron chi connectivity index (χ2n) is 11.3. The number of carbonyl (C=O) groups excluding carboxylic acids is 2. The Hall–Kier alpha value is -3.35. The Morgan fingerprint density at radius 1 is 0.907 bits per heavy atom. The van der Waals surface area contributed by atoms with Gasteiger partial charge in [-0.1, -0.05) is 116 Å². The maximum absolute atomic E-state index is 11.8. The van der Waals surface area contributed by atoms with Crippen LogP contribution in [-0.2, 0) is 20.9 Å². The molecule has 0 fully saturated rings. The van der Waals surface area contributed by atoms with Crippen LogP contribution in [-0.4, -0.2) is 23.6 Å². The van der Waals surface area contributed by atoms with Crippen molar-refractivity contribution in [3.63, 3.8) is 0 Å². The van der Waals surface area contributed by atoms with Crippen LogP contribution in [0.15, 0.2) is 52.2 Å². The Morgan fingerprint density at radius 2 is 1.42 bits per heavy atom. The minimum absolute atomic E-state index is 0.0303. The summed E-state index contributed by atoms with van der Waals surface area (Å²) in [5, 5.41) is 12.6. The standard InChI is InChI=1S/C22H42O2.C14H13NO4/c1-4-5-6-7-8-9-10-11-12-13-14-15-16-17-18-19-20-24-22(23)21(2)3;1-3-13(17)15-7-11-8(2)10-5-4-9(16)6-12(10)19-14(11)18/h2,4-20H2,1,3H3;3-6,16H,1,7H2,2H3,(H,15,17). The second kappa shape index (κ2) is 23.1. The zero-order valence-corrected chi connectivity index (χ0v) is 26.9. The molecule has 0 spiro atoms. The van der Waals surface area contributed by atoms with Crippen LogP contribution >= 0.6 is 0 Å². The molecule has 0 radical (unpaired) electrons. The molecular formula is C36H55NO6. The predicted octanol–water partition coefficient (Wildman–Crippen LogP) is 8.98. The van der Waals surface area contributed by atoms with Crippen molar-refractivity contribution >= 4 is 22.8 Å². The molecule has 7 nitrogen and oxygen atoms in total. The summed E-state index contributed by atoms with van der Waals surface area (Å²) in [6.07, 6.45) is 22.9. The molecule has 0 atom stereocenters. The van der Waals surface area contributed by atoms with Crippen molar-refractivity contribution in [2.75, 3.05) is 6.61 Å². The van der Waals surface area contributed by atoms with Gasteiger partial charge in [0.1, 0.15) is 11.3 Å². The van der Waals surface area contributed by atoms with Crippen LogP contribution in [0, 0.1) is 6.92 Å². The fourth-order valence-corrected chi connectivity index (χ4v) is 4.77. The number of amides is 1. The number of carbonyl (C=O) groups is 2. The minimum atomic E-state index is -0.528. The lowest BCUT2D eigenvalue weighted by Gasteiger charge is -2.08. The van der Waals surface area contributed by atoms with Gasteiger partial charge in [0, 0.05) is 17.0 Å². The van der Waals surface area contributed by atoms with Gasteiger partial charge in [0.25, 0.3) is 0 Å². The van der Waals surface area contributed by atoms with E-state index in [0.717, 1.165) is 23.4 Å². The first-order valence-corrected chi connectivity index (χ1v) is 16.2. The number of nitrogens with one attached hydrogen (secondary N) is 1. The lowest BCUT2D eigenvalue weighted by molar-refractivity contribution is -0.139. The fourth-order valence-electron chi connectivity index (χ4n) is 4.77. The van der Waals surface area contributed by atoms with E-state index < -0.39 is 5.63 Å². The Labute approximate surface area is 258 Å². The van der Waals surface area contributed by atoms with Crippen LogP contribution in [0.1, 0.15) is 128 Å². The van der Waals surface area contributed by atoms with Crippen molar-refractivity contribution in [1.29, 1.82) is 0 Å². The number of rotatable bonds is 21. The van der Waals surface area contributed by atoms with E-state index in [1.165, 1.54) is 108 Å². The molecule has 1 amide bonds. The summed E-state index contributed by atoms with van der Waals surface area (Å²) in [5.74, 6) is -0.580. The predicted molar refractivity (Wildman–Crippen MR) is 176 cm³/mol. The van der Waals surface area contributed by atoms with E-state index in [0.29, 0.717) is 23.3 Å². The lowest BCUT2D eigenvalue weighted by Crippen LogP contribution is -2.24. The van der Waals surface area contributed by atoms with Crippen LogP contribution in [0.5, 0.6) is 5.75 Å². The van der Waals surface area contributed by atoms with E-state index in [1.807, 2.05) is 0 Å². The monoisotopic (exact) mass is 597 g/mol. The highest BCUT2D eigenvalue weighted by atomic mass is 16.5. The van der Waals surface area contributed by atoms with Crippen molar-refractivity contribution in [2.24, 2.45) is 0 Å². The molecule has 0 saturated carbocycles. The largest absolute Gasteiger partial charge is 0.508 e. The van der Waals surface area contributed by atoms with Gasteiger partial charge in [-0.2, -0.15) is 0 Å². The van der Waals surface area contributed by atoms with E-state index in [1.54, 1.807) is 19.9 Å². The summed E-state index contributed by atoms with van der Waals surface area (Å²) in [6, 6.07) is 4.57. The quantitative estimate of drug-likeness (QED) is 0.0644. The molecule has 240 valence electrons. The summed E-state index contributed by atoms with van der Waals surface area (Å²) in [6.45, 7) is 13.3. The number of unbranched alkanes of at least 4 members (excludes halogenated alkanes) is 15. The molecule has 1 aromatic carbocycles. The van der Waals surface area contributed by atoms with Crippen LogP contribution in [0.2, 0.25) is 0 Å². The number of esters is 1.